The topological polar surface area (TPSA) is 82.2 Å². The number of fused-ring (bicyclic) bond motifs is 1. The number of H-pyrrole nitrogens is 1. The van der Waals surface area contributed by atoms with Gasteiger partial charge in [-0.25, -0.2) is 4.98 Å². The third-order valence-electron chi connectivity index (χ3n) is 4.95. The average molecular weight is 418 g/mol. The molecule has 3 N–H and O–H groups in total. The Balaban J connectivity index is 1.94. The molecule has 2 heterocycles. The molecule has 0 atom stereocenters. The van der Waals surface area contributed by atoms with Gasteiger partial charge in [0.2, 0.25) is 0 Å². The van der Waals surface area contributed by atoms with Gasteiger partial charge in [0.25, 0.3) is 0 Å². The number of halogens is 1. The minimum Gasteiger partial charge on any atom is -0.388 e. The van der Waals surface area contributed by atoms with E-state index in [0.717, 1.165) is 50.4 Å². The van der Waals surface area contributed by atoms with Crippen LogP contribution in [-0.4, -0.2) is 29.5 Å². The Morgan fingerprint density at radius 3 is 2.60 bits per heavy atom. The number of anilines is 2. The summed E-state index contributed by atoms with van der Waals surface area (Å²) in [6, 6.07) is 16.0. The summed E-state index contributed by atoms with van der Waals surface area (Å²) in [5, 5.41) is 8.55. The summed E-state index contributed by atoms with van der Waals surface area (Å²) in [7, 11) is 1.89. The molecule has 0 bridgehead atoms. The number of rotatable bonds is 6. The van der Waals surface area contributed by atoms with E-state index in [-0.39, 0.29) is 0 Å². The number of hydrogen-bond acceptors (Lipinski definition) is 5. The lowest BCUT2D eigenvalue weighted by atomic mass is 9.97. The molecular weight excluding hydrogens is 398 g/mol. The number of carbonyl (C=O) groups is 1. The fourth-order valence-corrected chi connectivity index (χ4v) is 3.66. The van der Waals surface area contributed by atoms with Crippen LogP contribution in [0.2, 0.25) is 5.02 Å². The van der Waals surface area contributed by atoms with Crippen molar-refractivity contribution in [2.45, 2.75) is 6.92 Å². The van der Waals surface area contributed by atoms with Crippen molar-refractivity contribution in [3.63, 3.8) is 0 Å². The van der Waals surface area contributed by atoms with Crippen molar-refractivity contribution in [1.29, 1.82) is 0 Å². The van der Waals surface area contributed by atoms with E-state index in [1.54, 1.807) is 12.3 Å². The molecule has 6 nitrogen and oxygen atoms in total. The lowest BCUT2D eigenvalue weighted by Gasteiger charge is -2.11. The smallest absolute Gasteiger partial charge is 0.162 e. The SMILES string of the molecule is CNc1ccc(-c2[nH]c3nccc(Cl)c3c2-c2ccc(C)c(N/N=C\C=O)c2)cc1. The molecular formula is C23H20ClN5O. The quantitative estimate of drug-likeness (QED) is 0.220. The zero-order valence-electron chi connectivity index (χ0n) is 16.5. The number of aryl methyl sites for hydroxylation is 1. The Labute approximate surface area is 179 Å². The molecule has 0 aliphatic carbocycles. The maximum absolute atomic E-state index is 10.5. The van der Waals surface area contributed by atoms with E-state index in [4.69, 9.17) is 11.6 Å². The summed E-state index contributed by atoms with van der Waals surface area (Å²) in [6.07, 6.45) is 3.49. The predicted octanol–water partition coefficient (Wildman–Crippen LogP) is 5.50. The van der Waals surface area contributed by atoms with Crippen molar-refractivity contribution in [1.82, 2.24) is 9.97 Å². The van der Waals surface area contributed by atoms with E-state index in [1.807, 2.05) is 44.3 Å². The van der Waals surface area contributed by atoms with Crippen molar-refractivity contribution in [2.24, 2.45) is 5.10 Å². The van der Waals surface area contributed by atoms with Gasteiger partial charge in [-0.1, -0.05) is 35.9 Å². The molecule has 0 saturated heterocycles. The summed E-state index contributed by atoms with van der Waals surface area (Å²) in [6.45, 7) is 1.98. The fraction of sp³-hybridized carbons (Fsp3) is 0.0870. The molecule has 0 amide bonds. The molecule has 30 heavy (non-hydrogen) atoms. The standard InChI is InChI=1S/C23H20ClN5O/c1-14-3-4-16(13-19(14)29-27-11-12-30)20-21-18(24)9-10-26-23(21)28-22(20)15-5-7-17(25-2)8-6-15/h3-13,25,29H,1-2H3,(H,26,28)/b27-11-. The van der Waals surface area contributed by atoms with Gasteiger partial charge < -0.3 is 10.3 Å². The van der Waals surface area contributed by atoms with E-state index in [1.165, 1.54) is 6.21 Å². The van der Waals surface area contributed by atoms with Crippen molar-refractivity contribution < 1.29 is 4.79 Å². The van der Waals surface area contributed by atoms with Crippen LogP contribution in [0, 0.1) is 6.92 Å². The molecule has 2 aromatic carbocycles. The van der Waals surface area contributed by atoms with Gasteiger partial charge in [0.15, 0.2) is 6.29 Å². The first-order valence-electron chi connectivity index (χ1n) is 9.40. The summed E-state index contributed by atoms with van der Waals surface area (Å²) < 4.78 is 0. The first-order chi connectivity index (χ1) is 14.6. The zero-order valence-corrected chi connectivity index (χ0v) is 17.3. The molecule has 7 heteroatoms. The molecule has 0 saturated carbocycles. The molecule has 0 radical (unpaired) electrons. The minimum absolute atomic E-state index is 0.624. The highest BCUT2D eigenvalue weighted by atomic mass is 35.5. The van der Waals surface area contributed by atoms with E-state index in [2.05, 4.69) is 37.9 Å². The Hall–Kier alpha value is -3.64. The van der Waals surface area contributed by atoms with Gasteiger partial charge in [-0.2, -0.15) is 5.10 Å². The summed E-state index contributed by atoms with van der Waals surface area (Å²) in [5.74, 6) is 0. The van der Waals surface area contributed by atoms with Crippen LogP contribution in [0.3, 0.4) is 0 Å². The van der Waals surface area contributed by atoms with Crippen LogP contribution in [0.1, 0.15) is 5.56 Å². The van der Waals surface area contributed by atoms with Crippen LogP contribution < -0.4 is 10.7 Å². The van der Waals surface area contributed by atoms with Crippen LogP contribution in [0.5, 0.6) is 0 Å². The number of nitrogens with one attached hydrogen (secondary N) is 3. The first kappa shape index (κ1) is 19.7. The van der Waals surface area contributed by atoms with Crippen LogP contribution in [-0.2, 0) is 4.79 Å². The third-order valence-corrected chi connectivity index (χ3v) is 5.27. The molecule has 0 spiro atoms. The predicted molar refractivity (Wildman–Crippen MR) is 124 cm³/mol. The van der Waals surface area contributed by atoms with Crippen molar-refractivity contribution >= 4 is 46.5 Å². The highest BCUT2D eigenvalue weighted by molar-refractivity contribution is 6.36. The maximum Gasteiger partial charge on any atom is 0.162 e. The second kappa shape index (κ2) is 8.39. The number of pyridine rings is 1. The monoisotopic (exact) mass is 417 g/mol. The number of aldehydes is 1. The zero-order chi connectivity index (χ0) is 21.1. The summed E-state index contributed by atoms with van der Waals surface area (Å²) in [5.41, 5.74) is 10.4. The fourth-order valence-electron chi connectivity index (χ4n) is 3.42. The lowest BCUT2D eigenvalue weighted by Crippen LogP contribution is -1.94. The van der Waals surface area contributed by atoms with Gasteiger partial charge in [0, 0.05) is 29.9 Å². The summed E-state index contributed by atoms with van der Waals surface area (Å²) in [4.78, 5) is 18.5. The minimum atomic E-state index is 0.624. The van der Waals surface area contributed by atoms with Crippen LogP contribution in [0.25, 0.3) is 33.4 Å². The van der Waals surface area contributed by atoms with E-state index in [9.17, 15) is 4.79 Å². The molecule has 0 fully saturated rings. The second-order valence-corrected chi connectivity index (χ2v) is 7.18. The molecule has 4 rings (SSSR count). The average Bonchev–Trinajstić information content (AvgIpc) is 3.16. The molecule has 0 unspecified atom stereocenters. The maximum atomic E-state index is 10.5. The molecule has 150 valence electrons. The van der Waals surface area contributed by atoms with Gasteiger partial charge in [-0.15, -0.1) is 0 Å². The Bertz CT molecular complexity index is 1240. The summed E-state index contributed by atoms with van der Waals surface area (Å²) >= 11 is 6.59. The van der Waals surface area contributed by atoms with Gasteiger partial charge in [-0.3, -0.25) is 10.2 Å². The third kappa shape index (κ3) is 3.65. The number of aromatic amines is 1. The normalized spacial score (nSPS) is 11.2. The number of nitrogens with zero attached hydrogens (tertiary/aromatic N) is 2. The number of carbonyl (C=O) groups excluding carboxylic acids is 1. The number of hydrazone groups is 1. The molecule has 4 aromatic rings. The number of hydrogen-bond donors (Lipinski definition) is 3. The molecule has 0 aliphatic rings. The molecule has 0 aliphatic heterocycles. The van der Waals surface area contributed by atoms with Crippen molar-refractivity contribution in [2.75, 3.05) is 17.8 Å². The van der Waals surface area contributed by atoms with Gasteiger partial charge in [0.05, 0.1) is 22.6 Å². The van der Waals surface area contributed by atoms with Gasteiger partial charge >= 0.3 is 0 Å². The van der Waals surface area contributed by atoms with E-state index >= 15 is 0 Å². The van der Waals surface area contributed by atoms with E-state index < -0.39 is 0 Å². The Morgan fingerprint density at radius 2 is 1.87 bits per heavy atom. The number of aromatic nitrogens is 2. The Kier molecular flexibility index (Phi) is 5.50. The molecule has 2 aromatic heterocycles. The van der Waals surface area contributed by atoms with Crippen molar-refractivity contribution in [3.05, 3.63) is 65.3 Å². The highest BCUT2D eigenvalue weighted by Crippen LogP contribution is 2.41. The number of benzene rings is 2. The van der Waals surface area contributed by atoms with Gasteiger partial charge in [0.1, 0.15) is 5.65 Å². The Morgan fingerprint density at radius 1 is 1.10 bits per heavy atom. The largest absolute Gasteiger partial charge is 0.388 e. The highest BCUT2D eigenvalue weighted by Gasteiger charge is 2.19. The van der Waals surface area contributed by atoms with Crippen LogP contribution in [0.4, 0.5) is 11.4 Å². The van der Waals surface area contributed by atoms with Crippen molar-refractivity contribution in [3.8, 4) is 22.4 Å². The second-order valence-electron chi connectivity index (χ2n) is 6.77. The van der Waals surface area contributed by atoms with Crippen LogP contribution >= 0.6 is 11.6 Å². The lowest BCUT2D eigenvalue weighted by molar-refractivity contribution is -0.102. The van der Waals surface area contributed by atoms with Gasteiger partial charge in [-0.05, 0) is 47.9 Å². The first-order valence-corrected chi connectivity index (χ1v) is 9.78. The van der Waals surface area contributed by atoms with E-state index in [0.29, 0.717) is 11.3 Å². The van der Waals surface area contributed by atoms with Crippen LogP contribution in [0.15, 0.2) is 59.8 Å².